The number of nitrogens with zero attached hydrogens (tertiary/aromatic N) is 1. The van der Waals surface area contributed by atoms with Crippen LogP contribution in [0.2, 0.25) is 0 Å². The fourth-order valence-electron chi connectivity index (χ4n) is 1.99. The third-order valence-corrected chi connectivity index (χ3v) is 5.04. The van der Waals surface area contributed by atoms with Crippen LogP contribution in [-0.2, 0) is 28.2 Å². The molecule has 0 amide bonds. The maximum atomic E-state index is 12.2. The Hall–Kier alpha value is -1.89. The van der Waals surface area contributed by atoms with Crippen molar-refractivity contribution in [2.75, 3.05) is 18.3 Å². The van der Waals surface area contributed by atoms with Gasteiger partial charge in [0.25, 0.3) is 0 Å². The summed E-state index contributed by atoms with van der Waals surface area (Å²) in [6.07, 6.45) is 0. The van der Waals surface area contributed by atoms with Gasteiger partial charge in [0.2, 0.25) is 0 Å². The molecular formula is C17H22N2O3S. The van der Waals surface area contributed by atoms with Crippen molar-refractivity contribution in [3.8, 4) is 0 Å². The first-order valence-electron chi connectivity index (χ1n) is 7.46. The van der Waals surface area contributed by atoms with Crippen molar-refractivity contribution in [2.24, 2.45) is 0 Å². The highest BCUT2D eigenvalue weighted by Gasteiger charge is 2.17. The Morgan fingerprint density at radius 2 is 1.65 bits per heavy atom. The monoisotopic (exact) mass is 334 g/mol. The number of nitrogens with one attached hydrogen (secondary N) is 1. The molecule has 0 radical (unpaired) electrons. The van der Waals surface area contributed by atoms with E-state index in [-0.39, 0.29) is 0 Å². The minimum absolute atomic E-state index is 0.337. The average molecular weight is 334 g/mol. The van der Waals surface area contributed by atoms with Crippen LogP contribution in [0.3, 0.4) is 0 Å². The van der Waals surface area contributed by atoms with Crippen molar-refractivity contribution in [1.82, 2.24) is 4.31 Å². The molecule has 0 spiro atoms. The Kier molecular flexibility index (Phi) is 6.15. The SMILES string of the molecule is CCN(C)S(=O)(=O)Nc1ccccc1COCc1ccccc1. The number of para-hydroxylation sites is 1. The molecule has 0 saturated heterocycles. The van der Waals surface area contributed by atoms with Crippen LogP contribution in [0.1, 0.15) is 18.1 Å². The van der Waals surface area contributed by atoms with Crippen LogP contribution in [0.4, 0.5) is 5.69 Å². The van der Waals surface area contributed by atoms with E-state index in [9.17, 15) is 8.42 Å². The predicted octanol–water partition coefficient (Wildman–Crippen LogP) is 3.01. The second kappa shape index (κ2) is 8.10. The molecular weight excluding hydrogens is 312 g/mol. The summed E-state index contributed by atoms with van der Waals surface area (Å²) >= 11 is 0. The summed E-state index contributed by atoms with van der Waals surface area (Å²) in [6.45, 7) is 3.01. The van der Waals surface area contributed by atoms with Gasteiger partial charge in [-0.2, -0.15) is 12.7 Å². The van der Waals surface area contributed by atoms with Crippen LogP contribution in [0.15, 0.2) is 54.6 Å². The van der Waals surface area contributed by atoms with Crippen molar-refractivity contribution in [3.05, 3.63) is 65.7 Å². The van der Waals surface area contributed by atoms with Gasteiger partial charge in [-0.05, 0) is 11.6 Å². The lowest BCUT2D eigenvalue weighted by molar-refractivity contribution is 0.107. The summed E-state index contributed by atoms with van der Waals surface area (Å²) in [5.74, 6) is 0. The van der Waals surface area contributed by atoms with E-state index in [0.29, 0.717) is 25.4 Å². The summed E-state index contributed by atoms with van der Waals surface area (Å²) in [5.41, 5.74) is 2.42. The molecule has 124 valence electrons. The predicted molar refractivity (Wildman–Crippen MR) is 92.2 cm³/mol. The van der Waals surface area contributed by atoms with Crippen LogP contribution >= 0.6 is 0 Å². The van der Waals surface area contributed by atoms with Gasteiger partial charge in [0.15, 0.2) is 0 Å². The van der Waals surface area contributed by atoms with E-state index in [1.54, 1.807) is 19.1 Å². The first-order chi connectivity index (χ1) is 11.0. The van der Waals surface area contributed by atoms with E-state index < -0.39 is 10.2 Å². The van der Waals surface area contributed by atoms with Gasteiger partial charge in [-0.25, -0.2) is 0 Å². The largest absolute Gasteiger partial charge is 0.372 e. The molecule has 0 aliphatic carbocycles. The Labute approximate surface area is 138 Å². The minimum Gasteiger partial charge on any atom is -0.372 e. The molecule has 2 aromatic carbocycles. The van der Waals surface area contributed by atoms with E-state index in [4.69, 9.17) is 4.74 Å². The maximum absolute atomic E-state index is 12.2. The smallest absolute Gasteiger partial charge is 0.301 e. The number of hydrogen-bond donors (Lipinski definition) is 1. The zero-order valence-electron chi connectivity index (χ0n) is 13.4. The first-order valence-corrected chi connectivity index (χ1v) is 8.90. The fourth-order valence-corrected chi connectivity index (χ4v) is 2.96. The van der Waals surface area contributed by atoms with E-state index in [1.165, 1.54) is 11.4 Å². The van der Waals surface area contributed by atoms with E-state index in [2.05, 4.69) is 4.72 Å². The molecule has 0 bridgehead atoms. The van der Waals surface area contributed by atoms with Gasteiger partial charge < -0.3 is 4.74 Å². The molecule has 0 heterocycles. The van der Waals surface area contributed by atoms with Crippen LogP contribution in [-0.4, -0.2) is 26.3 Å². The summed E-state index contributed by atoms with van der Waals surface area (Å²) in [6, 6.07) is 17.1. The maximum Gasteiger partial charge on any atom is 0.301 e. The van der Waals surface area contributed by atoms with E-state index in [1.807, 2.05) is 42.5 Å². The third kappa shape index (κ3) is 5.06. The molecule has 23 heavy (non-hydrogen) atoms. The second-order valence-electron chi connectivity index (χ2n) is 5.16. The van der Waals surface area contributed by atoms with Crippen molar-refractivity contribution in [2.45, 2.75) is 20.1 Å². The normalized spacial score (nSPS) is 11.6. The Morgan fingerprint density at radius 1 is 1.00 bits per heavy atom. The Bertz CT molecular complexity index is 718. The molecule has 2 rings (SSSR count). The summed E-state index contributed by atoms with van der Waals surface area (Å²) in [5, 5.41) is 0. The molecule has 1 N–H and O–H groups in total. The molecule has 5 nitrogen and oxygen atoms in total. The fraction of sp³-hybridized carbons (Fsp3) is 0.294. The molecule has 0 aliphatic rings. The summed E-state index contributed by atoms with van der Waals surface area (Å²) in [7, 11) is -2.00. The van der Waals surface area contributed by atoms with Gasteiger partial charge in [0.05, 0.1) is 18.9 Å². The Morgan fingerprint density at radius 3 is 2.35 bits per heavy atom. The molecule has 0 atom stereocenters. The lowest BCUT2D eigenvalue weighted by atomic mass is 10.2. The van der Waals surface area contributed by atoms with Gasteiger partial charge in [-0.1, -0.05) is 55.5 Å². The van der Waals surface area contributed by atoms with Crippen molar-refractivity contribution >= 4 is 15.9 Å². The van der Waals surface area contributed by atoms with E-state index >= 15 is 0 Å². The van der Waals surface area contributed by atoms with Gasteiger partial charge in [-0.3, -0.25) is 4.72 Å². The van der Waals surface area contributed by atoms with Crippen LogP contribution in [0, 0.1) is 0 Å². The average Bonchev–Trinajstić information content (AvgIpc) is 2.56. The lowest BCUT2D eigenvalue weighted by Gasteiger charge is -2.18. The molecule has 6 heteroatoms. The molecule has 0 aromatic heterocycles. The number of benzene rings is 2. The number of ether oxygens (including phenoxy) is 1. The van der Waals surface area contributed by atoms with Gasteiger partial charge in [0.1, 0.15) is 0 Å². The summed E-state index contributed by atoms with van der Waals surface area (Å²) < 4.78 is 33.9. The highest BCUT2D eigenvalue weighted by Crippen LogP contribution is 2.19. The number of hydrogen-bond acceptors (Lipinski definition) is 3. The standard InChI is InChI=1S/C17H22N2O3S/c1-3-19(2)23(20,21)18-17-12-8-7-11-16(17)14-22-13-15-9-5-4-6-10-15/h4-12,18H,3,13-14H2,1-2H3. The highest BCUT2D eigenvalue weighted by molar-refractivity contribution is 7.90. The molecule has 0 unspecified atom stereocenters. The van der Waals surface area contributed by atoms with Crippen LogP contribution in [0.25, 0.3) is 0 Å². The van der Waals surface area contributed by atoms with E-state index in [0.717, 1.165) is 11.1 Å². The number of rotatable bonds is 8. The molecule has 2 aromatic rings. The van der Waals surface area contributed by atoms with Gasteiger partial charge >= 0.3 is 10.2 Å². The van der Waals surface area contributed by atoms with Gasteiger partial charge in [0, 0.05) is 19.2 Å². The number of anilines is 1. The molecule has 0 saturated carbocycles. The quantitative estimate of drug-likeness (QED) is 0.807. The van der Waals surface area contributed by atoms with Crippen LogP contribution in [0.5, 0.6) is 0 Å². The third-order valence-electron chi connectivity index (χ3n) is 3.48. The van der Waals surface area contributed by atoms with Crippen molar-refractivity contribution < 1.29 is 13.2 Å². The highest BCUT2D eigenvalue weighted by atomic mass is 32.2. The minimum atomic E-state index is -3.54. The zero-order valence-corrected chi connectivity index (χ0v) is 14.2. The lowest BCUT2D eigenvalue weighted by Crippen LogP contribution is -2.32. The van der Waals surface area contributed by atoms with Crippen molar-refractivity contribution in [3.63, 3.8) is 0 Å². The first kappa shape index (κ1) is 17.5. The van der Waals surface area contributed by atoms with Crippen molar-refractivity contribution in [1.29, 1.82) is 0 Å². The van der Waals surface area contributed by atoms with Gasteiger partial charge in [-0.15, -0.1) is 0 Å². The molecule has 0 aliphatic heterocycles. The zero-order chi connectivity index (χ0) is 16.7. The second-order valence-corrected chi connectivity index (χ2v) is 6.93. The topological polar surface area (TPSA) is 58.6 Å². The summed E-state index contributed by atoms with van der Waals surface area (Å²) in [4.78, 5) is 0. The Balaban J connectivity index is 2.03. The molecule has 0 fully saturated rings. The van der Waals surface area contributed by atoms with Crippen LogP contribution < -0.4 is 4.72 Å².